The molecule has 3 heteroatoms. The fraction of sp³-hybridized carbons (Fsp3) is 0.375. The molecule has 1 aromatic heterocycles. The number of pyridine rings is 1. The van der Waals surface area contributed by atoms with Crippen LogP contribution in [0.25, 0.3) is 0 Å². The van der Waals surface area contributed by atoms with Crippen molar-refractivity contribution < 1.29 is 0 Å². The first-order valence-corrected chi connectivity index (χ1v) is 4.39. The number of fused-ring (bicyclic) bond motifs is 1. The van der Waals surface area contributed by atoms with Crippen LogP contribution in [0.5, 0.6) is 0 Å². The maximum atomic E-state index is 11.4. The van der Waals surface area contributed by atoms with Gasteiger partial charge in [-0.15, -0.1) is 0 Å². The van der Waals surface area contributed by atoms with Gasteiger partial charge in [0.05, 0.1) is 16.1 Å². The fourth-order valence-corrected chi connectivity index (χ4v) is 1.88. The van der Waals surface area contributed by atoms with Gasteiger partial charge < -0.3 is 0 Å². The molecule has 0 atom stereocenters. The predicted octanol–water partition coefficient (Wildman–Crippen LogP) is 1.50. The van der Waals surface area contributed by atoms with Crippen molar-refractivity contribution in [2.45, 2.75) is 19.3 Å². The Morgan fingerprint density at radius 1 is 1.45 bits per heavy atom. The topological polar surface area (TPSA) is 22.0 Å². The zero-order valence-electron chi connectivity index (χ0n) is 6.01. The number of nitrogens with zero attached hydrogens (tertiary/aromatic N) is 1. The lowest BCUT2D eigenvalue weighted by atomic mass is 10.2. The van der Waals surface area contributed by atoms with Gasteiger partial charge in [-0.25, -0.2) is 3.59 Å². The first-order valence-electron chi connectivity index (χ1n) is 3.68. The first kappa shape index (κ1) is 7.10. The molecule has 1 heterocycles. The second kappa shape index (κ2) is 2.48. The van der Waals surface area contributed by atoms with Gasteiger partial charge >= 0.3 is 0 Å². The second-order valence-corrected chi connectivity index (χ2v) is 3.55. The summed E-state index contributed by atoms with van der Waals surface area (Å²) >= 11 is 3.15. The third-order valence-electron chi connectivity index (χ3n) is 2.12. The summed E-state index contributed by atoms with van der Waals surface area (Å²) in [6.45, 7) is 0. The van der Waals surface area contributed by atoms with Crippen LogP contribution in [-0.4, -0.2) is 3.59 Å². The molecule has 0 radical (unpaired) electrons. The molecular formula is C8H8BrNO. The van der Waals surface area contributed by atoms with Gasteiger partial charge in [-0.2, -0.15) is 0 Å². The first-order chi connectivity index (χ1) is 5.29. The molecular weight excluding hydrogens is 206 g/mol. The number of aromatic nitrogens is 1. The van der Waals surface area contributed by atoms with Gasteiger partial charge in [0.15, 0.2) is 0 Å². The quantitative estimate of drug-likeness (QED) is 0.641. The predicted molar refractivity (Wildman–Crippen MR) is 47.1 cm³/mol. The number of aryl methyl sites for hydroxylation is 1. The highest BCUT2D eigenvalue weighted by Crippen LogP contribution is 2.17. The van der Waals surface area contributed by atoms with Crippen LogP contribution in [0.2, 0.25) is 0 Å². The van der Waals surface area contributed by atoms with Crippen LogP contribution < -0.4 is 5.56 Å². The number of hydrogen-bond acceptors (Lipinski definition) is 1. The summed E-state index contributed by atoms with van der Waals surface area (Å²) in [5, 5.41) is 0. The Morgan fingerprint density at radius 3 is 3.09 bits per heavy atom. The van der Waals surface area contributed by atoms with E-state index in [1.807, 2.05) is 6.07 Å². The van der Waals surface area contributed by atoms with Crippen molar-refractivity contribution in [2.75, 3.05) is 0 Å². The summed E-state index contributed by atoms with van der Waals surface area (Å²) in [4.78, 5) is 11.4. The highest BCUT2D eigenvalue weighted by atomic mass is 79.9. The maximum Gasteiger partial charge on any atom is 0.264 e. The van der Waals surface area contributed by atoms with E-state index in [-0.39, 0.29) is 5.56 Å². The van der Waals surface area contributed by atoms with E-state index in [0.29, 0.717) is 0 Å². The van der Waals surface area contributed by atoms with E-state index in [4.69, 9.17) is 0 Å². The fourth-order valence-electron chi connectivity index (χ4n) is 1.55. The lowest BCUT2D eigenvalue weighted by molar-refractivity contribution is 0.907. The summed E-state index contributed by atoms with van der Waals surface area (Å²) in [6.07, 6.45) is 4.91. The Bertz CT molecular complexity index is 342. The van der Waals surface area contributed by atoms with Crippen molar-refractivity contribution in [1.29, 1.82) is 0 Å². The van der Waals surface area contributed by atoms with E-state index in [0.717, 1.165) is 24.8 Å². The molecule has 1 aliphatic carbocycles. The molecule has 0 aliphatic heterocycles. The van der Waals surface area contributed by atoms with Crippen molar-refractivity contribution >= 4 is 16.1 Å². The monoisotopic (exact) mass is 213 g/mol. The SMILES string of the molecule is O=c1c2c(ccn1Br)CCC2. The molecule has 0 unspecified atom stereocenters. The van der Waals surface area contributed by atoms with E-state index in [9.17, 15) is 4.79 Å². The van der Waals surface area contributed by atoms with E-state index >= 15 is 0 Å². The average molecular weight is 214 g/mol. The molecule has 0 N–H and O–H groups in total. The summed E-state index contributed by atoms with van der Waals surface area (Å²) in [5.74, 6) is 0. The summed E-state index contributed by atoms with van der Waals surface area (Å²) in [7, 11) is 0. The zero-order chi connectivity index (χ0) is 7.84. The lowest BCUT2D eigenvalue weighted by Crippen LogP contribution is -2.16. The van der Waals surface area contributed by atoms with Crippen molar-refractivity contribution in [2.24, 2.45) is 0 Å². The standard InChI is InChI=1S/C8H8BrNO/c9-10-5-4-6-2-1-3-7(6)8(10)11/h4-5H,1-3H2. The van der Waals surface area contributed by atoms with E-state index in [1.165, 1.54) is 9.16 Å². The van der Waals surface area contributed by atoms with Crippen LogP contribution in [0.4, 0.5) is 0 Å². The van der Waals surface area contributed by atoms with Crippen LogP contribution in [-0.2, 0) is 12.8 Å². The highest BCUT2D eigenvalue weighted by Gasteiger charge is 2.14. The van der Waals surface area contributed by atoms with Crippen LogP contribution in [0, 0.1) is 0 Å². The molecule has 0 saturated heterocycles. The minimum atomic E-state index is 0.111. The van der Waals surface area contributed by atoms with Crippen LogP contribution in [0.15, 0.2) is 17.1 Å². The molecule has 0 amide bonds. The molecule has 2 nitrogen and oxygen atoms in total. The molecule has 58 valence electrons. The molecule has 0 aromatic carbocycles. The van der Waals surface area contributed by atoms with E-state index in [2.05, 4.69) is 16.1 Å². The average Bonchev–Trinajstić information content (AvgIpc) is 2.45. The second-order valence-electron chi connectivity index (χ2n) is 2.79. The molecule has 0 saturated carbocycles. The van der Waals surface area contributed by atoms with Gasteiger partial charge in [-0.3, -0.25) is 4.79 Å². The van der Waals surface area contributed by atoms with Gasteiger partial charge in [0.1, 0.15) is 0 Å². The number of halogens is 1. The van der Waals surface area contributed by atoms with Crippen molar-refractivity contribution in [3.05, 3.63) is 33.7 Å². The molecule has 0 bridgehead atoms. The molecule has 2 rings (SSSR count). The number of rotatable bonds is 0. The third-order valence-corrected chi connectivity index (χ3v) is 2.68. The Kier molecular flexibility index (Phi) is 1.60. The molecule has 0 fully saturated rings. The van der Waals surface area contributed by atoms with E-state index in [1.54, 1.807) is 6.20 Å². The lowest BCUT2D eigenvalue weighted by Gasteiger charge is -1.98. The Balaban J connectivity index is 2.72. The minimum absolute atomic E-state index is 0.111. The van der Waals surface area contributed by atoms with Gasteiger partial charge in [0.2, 0.25) is 0 Å². The zero-order valence-corrected chi connectivity index (χ0v) is 7.60. The highest BCUT2D eigenvalue weighted by molar-refractivity contribution is 9.08. The molecule has 0 spiro atoms. The van der Waals surface area contributed by atoms with Gasteiger partial charge in [-0.1, -0.05) is 0 Å². The number of hydrogen-bond donors (Lipinski definition) is 0. The summed E-state index contributed by atoms with van der Waals surface area (Å²) in [6, 6.07) is 2.01. The van der Waals surface area contributed by atoms with Gasteiger partial charge in [-0.05, 0) is 30.9 Å². The Labute approximate surface area is 73.2 Å². The third kappa shape index (κ3) is 1.03. The summed E-state index contributed by atoms with van der Waals surface area (Å²) in [5.41, 5.74) is 2.33. The van der Waals surface area contributed by atoms with Crippen LogP contribution in [0.3, 0.4) is 0 Å². The Morgan fingerprint density at radius 2 is 2.27 bits per heavy atom. The van der Waals surface area contributed by atoms with E-state index < -0.39 is 0 Å². The smallest absolute Gasteiger partial charge is 0.264 e. The minimum Gasteiger partial charge on any atom is -0.268 e. The summed E-state index contributed by atoms with van der Waals surface area (Å²) < 4.78 is 1.47. The van der Waals surface area contributed by atoms with Crippen molar-refractivity contribution in [1.82, 2.24) is 3.59 Å². The maximum absolute atomic E-state index is 11.4. The Hall–Kier alpha value is -0.570. The molecule has 11 heavy (non-hydrogen) atoms. The van der Waals surface area contributed by atoms with Crippen molar-refractivity contribution in [3.63, 3.8) is 0 Å². The van der Waals surface area contributed by atoms with Crippen LogP contribution in [0.1, 0.15) is 17.5 Å². The largest absolute Gasteiger partial charge is 0.268 e. The van der Waals surface area contributed by atoms with Crippen LogP contribution >= 0.6 is 16.1 Å². The van der Waals surface area contributed by atoms with Gasteiger partial charge in [0, 0.05) is 11.8 Å². The van der Waals surface area contributed by atoms with Crippen molar-refractivity contribution in [3.8, 4) is 0 Å². The molecule has 1 aliphatic rings. The van der Waals surface area contributed by atoms with Gasteiger partial charge in [0.25, 0.3) is 5.56 Å². The normalized spacial score (nSPS) is 15.0. The molecule has 1 aromatic rings.